The van der Waals surface area contributed by atoms with Crippen LogP contribution < -0.4 is 5.73 Å². The zero-order valence-electron chi connectivity index (χ0n) is 8.77. The fourth-order valence-electron chi connectivity index (χ4n) is 1.61. The summed E-state index contributed by atoms with van der Waals surface area (Å²) in [5.74, 6) is 0.614. The third-order valence-electron chi connectivity index (χ3n) is 2.37. The van der Waals surface area contributed by atoms with Gasteiger partial charge in [0.25, 0.3) is 0 Å². The van der Waals surface area contributed by atoms with Gasteiger partial charge in [-0.15, -0.1) is 0 Å². The predicted molar refractivity (Wildman–Crippen MR) is 65.2 cm³/mol. The standard InChI is InChI=1S/C13H14N2/c1-2-15-13(14)12-8-7-10-5-3-4-6-11(10)9-12/h3-9H,2H2,1H3,(H2,14,15). The van der Waals surface area contributed by atoms with E-state index < -0.39 is 0 Å². The van der Waals surface area contributed by atoms with E-state index in [2.05, 4.69) is 29.3 Å². The Morgan fingerprint density at radius 2 is 1.87 bits per heavy atom. The van der Waals surface area contributed by atoms with Crippen LogP contribution in [0.1, 0.15) is 12.5 Å². The molecule has 0 aliphatic carbocycles. The van der Waals surface area contributed by atoms with Gasteiger partial charge in [0, 0.05) is 12.1 Å². The SMILES string of the molecule is CCN=C(N)c1ccc2ccccc2c1. The highest BCUT2D eigenvalue weighted by molar-refractivity contribution is 6.00. The van der Waals surface area contributed by atoms with Gasteiger partial charge in [-0.25, -0.2) is 0 Å². The van der Waals surface area contributed by atoms with Crippen LogP contribution in [0.5, 0.6) is 0 Å². The Morgan fingerprint density at radius 1 is 1.13 bits per heavy atom. The molecule has 76 valence electrons. The van der Waals surface area contributed by atoms with E-state index in [0.29, 0.717) is 5.84 Å². The minimum Gasteiger partial charge on any atom is -0.384 e. The number of rotatable bonds is 2. The van der Waals surface area contributed by atoms with E-state index in [9.17, 15) is 0 Å². The van der Waals surface area contributed by atoms with E-state index in [0.717, 1.165) is 12.1 Å². The fraction of sp³-hybridized carbons (Fsp3) is 0.154. The molecule has 0 amide bonds. The molecule has 0 saturated heterocycles. The Balaban J connectivity index is 2.51. The number of benzene rings is 2. The van der Waals surface area contributed by atoms with Gasteiger partial charge in [0.05, 0.1) is 0 Å². The van der Waals surface area contributed by atoms with Crippen LogP contribution in [0.3, 0.4) is 0 Å². The Bertz CT molecular complexity index is 501. The van der Waals surface area contributed by atoms with Gasteiger partial charge in [0.15, 0.2) is 0 Å². The smallest absolute Gasteiger partial charge is 0.125 e. The summed E-state index contributed by atoms with van der Waals surface area (Å²) in [6.07, 6.45) is 0. The molecule has 2 nitrogen and oxygen atoms in total. The summed E-state index contributed by atoms with van der Waals surface area (Å²) in [6, 6.07) is 14.4. The lowest BCUT2D eigenvalue weighted by Gasteiger charge is -2.02. The van der Waals surface area contributed by atoms with Gasteiger partial charge < -0.3 is 5.73 Å². The molecule has 15 heavy (non-hydrogen) atoms. The van der Waals surface area contributed by atoms with Crippen molar-refractivity contribution >= 4 is 16.6 Å². The molecular weight excluding hydrogens is 184 g/mol. The average Bonchev–Trinajstić information content (AvgIpc) is 2.29. The van der Waals surface area contributed by atoms with E-state index in [1.165, 1.54) is 10.8 Å². The molecule has 2 aromatic rings. The highest BCUT2D eigenvalue weighted by Gasteiger charge is 1.98. The molecule has 0 aliphatic heterocycles. The predicted octanol–water partition coefficient (Wildman–Crippen LogP) is 2.57. The van der Waals surface area contributed by atoms with Crippen LogP contribution in [0.2, 0.25) is 0 Å². The van der Waals surface area contributed by atoms with Crippen LogP contribution in [0.25, 0.3) is 10.8 Å². The Morgan fingerprint density at radius 3 is 2.60 bits per heavy atom. The first-order chi connectivity index (χ1) is 7.31. The number of hydrogen-bond acceptors (Lipinski definition) is 1. The first-order valence-corrected chi connectivity index (χ1v) is 5.10. The van der Waals surface area contributed by atoms with Crippen molar-refractivity contribution in [3.8, 4) is 0 Å². The number of aliphatic imine (C=N–C) groups is 1. The second-order valence-electron chi connectivity index (χ2n) is 3.42. The van der Waals surface area contributed by atoms with Crippen LogP contribution in [0.15, 0.2) is 47.5 Å². The first kappa shape index (κ1) is 9.71. The van der Waals surface area contributed by atoms with E-state index in [1.54, 1.807) is 0 Å². The van der Waals surface area contributed by atoms with E-state index >= 15 is 0 Å². The molecule has 0 fully saturated rings. The van der Waals surface area contributed by atoms with Crippen molar-refractivity contribution in [3.63, 3.8) is 0 Å². The molecule has 2 aromatic carbocycles. The number of amidine groups is 1. The van der Waals surface area contributed by atoms with Crippen LogP contribution in [-0.2, 0) is 0 Å². The summed E-state index contributed by atoms with van der Waals surface area (Å²) in [7, 11) is 0. The van der Waals surface area contributed by atoms with Gasteiger partial charge in [0.2, 0.25) is 0 Å². The molecular formula is C13H14N2. The maximum absolute atomic E-state index is 5.85. The monoisotopic (exact) mass is 198 g/mol. The van der Waals surface area contributed by atoms with E-state index in [1.807, 2.05) is 25.1 Å². The third kappa shape index (κ3) is 1.99. The zero-order valence-corrected chi connectivity index (χ0v) is 8.77. The molecule has 0 unspecified atom stereocenters. The molecule has 2 rings (SSSR count). The summed E-state index contributed by atoms with van der Waals surface area (Å²) < 4.78 is 0. The Labute approximate surface area is 89.4 Å². The summed E-state index contributed by atoms with van der Waals surface area (Å²) in [4.78, 5) is 4.20. The molecule has 0 radical (unpaired) electrons. The highest BCUT2D eigenvalue weighted by Crippen LogP contribution is 2.15. The summed E-state index contributed by atoms with van der Waals surface area (Å²) in [5, 5.41) is 2.43. The Hall–Kier alpha value is -1.83. The van der Waals surface area contributed by atoms with Crippen LogP contribution >= 0.6 is 0 Å². The molecule has 0 aromatic heterocycles. The lowest BCUT2D eigenvalue weighted by atomic mass is 10.1. The van der Waals surface area contributed by atoms with Gasteiger partial charge in [-0.1, -0.05) is 36.4 Å². The zero-order chi connectivity index (χ0) is 10.7. The van der Waals surface area contributed by atoms with Gasteiger partial charge in [-0.3, -0.25) is 4.99 Å². The number of hydrogen-bond donors (Lipinski definition) is 1. The maximum Gasteiger partial charge on any atom is 0.125 e. The molecule has 0 saturated carbocycles. The summed E-state index contributed by atoms with van der Waals surface area (Å²) >= 11 is 0. The number of nitrogens with zero attached hydrogens (tertiary/aromatic N) is 1. The summed E-state index contributed by atoms with van der Waals surface area (Å²) in [5.41, 5.74) is 6.84. The topological polar surface area (TPSA) is 38.4 Å². The van der Waals surface area contributed by atoms with Gasteiger partial charge >= 0.3 is 0 Å². The number of nitrogens with two attached hydrogens (primary N) is 1. The van der Waals surface area contributed by atoms with Gasteiger partial charge in [0.1, 0.15) is 5.84 Å². The van der Waals surface area contributed by atoms with Crippen molar-refractivity contribution in [1.82, 2.24) is 0 Å². The van der Waals surface area contributed by atoms with Gasteiger partial charge in [-0.05, 0) is 23.8 Å². The van der Waals surface area contributed by atoms with Crippen LogP contribution in [0.4, 0.5) is 0 Å². The van der Waals surface area contributed by atoms with E-state index in [-0.39, 0.29) is 0 Å². The molecule has 0 heterocycles. The lowest BCUT2D eigenvalue weighted by Crippen LogP contribution is -2.13. The molecule has 2 N–H and O–H groups in total. The van der Waals surface area contributed by atoms with E-state index in [4.69, 9.17) is 5.73 Å². The largest absolute Gasteiger partial charge is 0.384 e. The first-order valence-electron chi connectivity index (χ1n) is 5.10. The maximum atomic E-state index is 5.85. The van der Waals surface area contributed by atoms with Crippen molar-refractivity contribution in [1.29, 1.82) is 0 Å². The molecule has 0 aliphatic rings. The number of fused-ring (bicyclic) bond motifs is 1. The third-order valence-corrected chi connectivity index (χ3v) is 2.37. The quantitative estimate of drug-likeness (QED) is 0.584. The average molecular weight is 198 g/mol. The minimum absolute atomic E-state index is 0.614. The highest BCUT2D eigenvalue weighted by atomic mass is 14.8. The second kappa shape index (κ2) is 4.13. The van der Waals surface area contributed by atoms with Crippen molar-refractivity contribution in [2.24, 2.45) is 10.7 Å². The van der Waals surface area contributed by atoms with Crippen molar-refractivity contribution in [3.05, 3.63) is 48.0 Å². The van der Waals surface area contributed by atoms with Crippen LogP contribution in [0, 0.1) is 0 Å². The van der Waals surface area contributed by atoms with Crippen molar-refractivity contribution in [2.45, 2.75) is 6.92 Å². The minimum atomic E-state index is 0.614. The molecule has 0 bridgehead atoms. The molecule has 0 atom stereocenters. The molecule has 0 spiro atoms. The van der Waals surface area contributed by atoms with Crippen LogP contribution in [-0.4, -0.2) is 12.4 Å². The lowest BCUT2D eigenvalue weighted by molar-refractivity contribution is 1.12. The fourth-order valence-corrected chi connectivity index (χ4v) is 1.61. The normalized spacial score (nSPS) is 11.9. The second-order valence-corrected chi connectivity index (χ2v) is 3.42. The Kier molecular flexibility index (Phi) is 2.68. The summed E-state index contributed by atoms with van der Waals surface area (Å²) in [6.45, 7) is 2.70. The molecule has 2 heteroatoms. The van der Waals surface area contributed by atoms with Crippen molar-refractivity contribution < 1.29 is 0 Å². The van der Waals surface area contributed by atoms with Gasteiger partial charge in [-0.2, -0.15) is 0 Å². The van der Waals surface area contributed by atoms with Crippen molar-refractivity contribution in [2.75, 3.05) is 6.54 Å².